The van der Waals surface area contributed by atoms with Crippen molar-refractivity contribution in [3.63, 3.8) is 0 Å². The Balaban J connectivity index is 1.60. The number of carbonyl (C=O) groups is 2. The Morgan fingerprint density at radius 1 is 0.939 bits per heavy atom. The average molecular weight is 458 g/mol. The zero-order valence-electron chi connectivity index (χ0n) is 18.4. The minimum Gasteiger partial charge on any atom is -0.295 e. The van der Waals surface area contributed by atoms with E-state index in [9.17, 15) is 14.4 Å². The van der Waals surface area contributed by atoms with E-state index in [2.05, 4.69) is 10.3 Å². The van der Waals surface area contributed by atoms with Crippen molar-refractivity contribution in [2.24, 2.45) is 0 Å². The van der Waals surface area contributed by atoms with Gasteiger partial charge in [-0.25, -0.2) is 4.98 Å². The number of nitrogens with zero attached hydrogens (tertiary/aromatic N) is 2. The maximum absolute atomic E-state index is 13.4. The van der Waals surface area contributed by atoms with Crippen LogP contribution in [0.5, 0.6) is 0 Å². The van der Waals surface area contributed by atoms with Crippen LogP contribution in [0.4, 0.5) is 0 Å². The van der Waals surface area contributed by atoms with E-state index in [-0.39, 0.29) is 23.6 Å². The van der Waals surface area contributed by atoms with E-state index in [1.54, 1.807) is 22.8 Å². The number of carbonyl (C=O) groups excluding carboxylic acids is 2. The summed E-state index contributed by atoms with van der Waals surface area (Å²) in [6.07, 6.45) is 0.124. The number of aryl methyl sites for hydroxylation is 2. The summed E-state index contributed by atoms with van der Waals surface area (Å²) >= 11 is 1.13. The first-order valence-corrected chi connectivity index (χ1v) is 11.5. The predicted octanol–water partition coefficient (Wildman–Crippen LogP) is 3.98. The molecule has 1 heterocycles. The lowest BCUT2D eigenvalue weighted by Gasteiger charge is -2.15. The van der Waals surface area contributed by atoms with E-state index in [1.165, 1.54) is 0 Å². The third-order valence-electron chi connectivity index (χ3n) is 5.17. The van der Waals surface area contributed by atoms with E-state index in [1.807, 2.05) is 68.4 Å². The number of rotatable bonds is 6. The summed E-state index contributed by atoms with van der Waals surface area (Å²) < 4.78 is 1.55. The Bertz CT molecular complexity index is 1400. The van der Waals surface area contributed by atoms with Crippen LogP contribution in [0.1, 0.15) is 16.7 Å². The molecule has 2 amide bonds. The lowest BCUT2D eigenvalue weighted by Crippen LogP contribution is -2.33. The molecule has 0 fully saturated rings. The summed E-state index contributed by atoms with van der Waals surface area (Å²) in [7, 11) is 0. The van der Waals surface area contributed by atoms with Gasteiger partial charge in [-0.2, -0.15) is 0 Å². The molecule has 4 rings (SSSR count). The molecular formula is C26H23N3O3S. The first-order valence-electron chi connectivity index (χ1n) is 10.5. The van der Waals surface area contributed by atoms with Gasteiger partial charge in [0.05, 0.1) is 28.8 Å². The molecule has 0 aliphatic rings. The fourth-order valence-corrected chi connectivity index (χ4v) is 4.33. The number of nitrogens with one attached hydrogen (secondary N) is 1. The van der Waals surface area contributed by atoms with Gasteiger partial charge in [-0.05, 0) is 48.7 Å². The number of aromatic nitrogens is 2. The standard InChI is InChI=1S/C26H23N3O3S/c1-17-12-13-18(2)22(14-17)29-25(32)20-10-6-7-11-21(20)27-26(29)33-16-24(31)28-23(30)15-19-8-4-3-5-9-19/h3-14H,15-16H2,1-2H3,(H,28,30,31). The van der Waals surface area contributed by atoms with Crippen LogP contribution in [0.3, 0.4) is 0 Å². The highest BCUT2D eigenvalue weighted by Gasteiger charge is 2.17. The lowest BCUT2D eigenvalue weighted by atomic mass is 10.1. The molecule has 33 heavy (non-hydrogen) atoms. The third-order valence-corrected chi connectivity index (χ3v) is 6.11. The minimum atomic E-state index is -0.434. The van der Waals surface area contributed by atoms with Crippen molar-refractivity contribution < 1.29 is 9.59 Å². The van der Waals surface area contributed by atoms with Crippen molar-refractivity contribution in [1.82, 2.24) is 14.9 Å². The lowest BCUT2D eigenvalue weighted by molar-refractivity contribution is -0.128. The number of benzene rings is 3. The van der Waals surface area contributed by atoms with Crippen molar-refractivity contribution in [1.29, 1.82) is 0 Å². The van der Waals surface area contributed by atoms with Gasteiger partial charge in [-0.1, -0.05) is 66.4 Å². The second kappa shape index (κ2) is 9.83. The Morgan fingerprint density at radius 2 is 1.67 bits per heavy atom. The molecule has 0 spiro atoms. The number of fused-ring (bicyclic) bond motifs is 1. The molecule has 1 N–H and O–H groups in total. The zero-order chi connectivity index (χ0) is 23.4. The van der Waals surface area contributed by atoms with Gasteiger partial charge in [-0.15, -0.1) is 0 Å². The number of para-hydroxylation sites is 1. The molecule has 0 unspecified atom stereocenters. The van der Waals surface area contributed by atoms with E-state index < -0.39 is 5.91 Å². The van der Waals surface area contributed by atoms with Crippen molar-refractivity contribution in [3.8, 4) is 5.69 Å². The van der Waals surface area contributed by atoms with Crippen LogP contribution in [0.15, 0.2) is 82.7 Å². The van der Waals surface area contributed by atoms with Gasteiger partial charge in [0.25, 0.3) is 5.56 Å². The quantitative estimate of drug-likeness (QED) is 0.350. The van der Waals surface area contributed by atoms with Crippen LogP contribution in [0.25, 0.3) is 16.6 Å². The maximum Gasteiger partial charge on any atom is 0.266 e. The summed E-state index contributed by atoms with van der Waals surface area (Å²) in [6.45, 7) is 3.89. The van der Waals surface area contributed by atoms with Crippen molar-refractivity contribution in [3.05, 3.63) is 99.8 Å². The molecule has 7 heteroatoms. The maximum atomic E-state index is 13.4. The van der Waals surface area contributed by atoms with Gasteiger partial charge in [0.15, 0.2) is 5.16 Å². The van der Waals surface area contributed by atoms with E-state index in [4.69, 9.17) is 0 Å². The Morgan fingerprint density at radius 3 is 2.45 bits per heavy atom. The highest BCUT2D eigenvalue weighted by Crippen LogP contribution is 2.23. The van der Waals surface area contributed by atoms with Crippen LogP contribution in [-0.4, -0.2) is 27.1 Å². The van der Waals surface area contributed by atoms with Crippen LogP contribution in [0, 0.1) is 13.8 Å². The molecule has 0 bridgehead atoms. The average Bonchev–Trinajstić information content (AvgIpc) is 2.80. The molecule has 0 aliphatic carbocycles. The largest absolute Gasteiger partial charge is 0.295 e. The summed E-state index contributed by atoms with van der Waals surface area (Å²) in [5, 5.41) is 3.32. The molecule has 4 aromatic rings. The smallest absolute Gasteiger partial charge is 0.266 e. The Labute approximate surface area is 195 Å². The fraction of sp³-hybridized carbons (Fsp3) is 0.154. The van der Waals surface area contributed by atoms with Crippen molar-refractivity contribution >= 4 is 34.5 Å². The second-order valence-electron chi connectivity index (χ2n) is 7.76. The molecule has 0 saturated carbocycles. The molecular weight excluding hydrogens is 434 g/mol. The number of thioether (sulfide) groups is 1. The van der Waals surface area contributed by atoms with Gasteiger partial charge in [0, 0.05) is 0 Å². The zero-order valence-corrected chi connectivity index (χ0v) is 19.2. The highest BCUT2D eigenvalue weighted by molar-refractivity contribution is 7.99. The normalized spacial score (nSPS) is 10.8. The topological polar surface area (TPSA) is 81.1 Å². The highest BCUT2D eigenvalue weighted by atomic mass is 32.2. The monoisotopic (exact) mass is 457 g/mol. The number of amides is 2. The molecule has 3 aromatic carbocycles. The van der Waals surface area contributed by atoms with Crippen LogP contribution >= 0.6 is 11.8 Å². The molecule has 0 aliphatic heterocycles. The number of hydrogen-bond acceptors (Lipinski definition) is 5. The van der Waals surface area contributed by atoms with Crippen LogP contribution in [0.2, 0.25) is 0 Å². The van der Waals surface area contributed by atoms with Crippen LogP contribution < -0.4 is 10.9 Å². The summed E-state index contributed by atoms with van der Waals surface area (Å²) in [5.74, 6) is -0.850. The number of imide groups is 1. The van der Waals surface area contributed by atoms with Gasteiger partial charge in [-0.3, -0.25) is 24.3 Å². The molecule has 1 aromatic heterocycles. The Hall–Kier alpha value is -3.71. The summed E-state index contributed by atoms with van der Waals surface area (Å²) in [6, 6.07) is 22.2. The summed E-state index contributed by atoms with van der Waals surface area (Å²) in [5.41, 5.74) is 3.85. The molecule has 0 atom stereocenters. The molecule has 0 saturated heterocycles. The second-order valence-corrected chi connectivity index (χ2v) is 8.71. The molecule has 0 radical (unpaired) electrons. The van der Waals surface area contributed by atoms with E-state index in [0.29, 0.717) is 16.1 Å². The minimum absolute atomic E-state index is 0.0455. The van der Waals surface area contributed by atoms with Gasteiger partial charge in [0.2, 0.25) is 11.8 Å². The summed E-state index contributed by atoms with van der Waals surface area (Å²) in [4.78, 5) is 42.7. The molecule has 166 valence electrons. The Kier molecular flexibility index (Phi) is 6.70. The van der Waals surface area contributed by atoms with Gasteiger partial charge < -0.3 is 0 Å². The first-order chi connectivity index (χ1) is 15.9. The predicted molar refractivity (Wildman–Crippen MR) is 131 cm³/mol. The number of hydrogen-bond donors (Lipinski definition) is 1. The van der Waals surface area contributed by atoms with Crippen molar-refractivity contribution in [2.45, 2.75) is 25.4 Å². The SMILES string of the molecule is Cc1ccc(C)c(-n2c(SCC(=O)NC(=O)Cc3ccccc3)nc3ccccc3c2=O)c1. The molecule has 6 nitrogen and oxygen atoms in total. The van der Waals surface area contributed by atoms with E-state index in [0.717, 1.165) is 34.1 Å². The van der Waals surface area contributed by atoms with Gasteiger partial charge >= 0.3 is 0 Å². The third kappa shape index (κ3) is 5.21. The van der Waals surface area contributed by atoms with Gasteiger partial charge in [0.1, 0.15) is 0 Å². The van der Waals surface area contributed by atoms with E-state index >= 15 is 0 Å². The fourth-order valence-electron chi connectivity index (χ4n) is 3.53. The van der Waals surface area contributed by atoms with Crippen LogP contribution in [-0.2, 0) is 16.0 Å². The van der Waals surface area contributed by atoms with Crippen molar-refractivity contribution in [2.75, 3.05) is 5.75 Å². The first kappa shape index (κ1) is 22.5.